The summed E-state index contributed by atoms with van der Waals surface area (Å²) in [6, 6.07) is 0. The van der Waals surface area contributed by atoms with Crippen LogP contribution in [0.1, 0.15) is 38.2 Å². The van der Waals surface area contributed by atoms with E-state index < -0.39 is 0 Å². The van der Waals surface area contributed by atoms with Gasteiger partial charge in [0.2, 0.25) is 0 Å². The number of ether oxygens (including phenoxy) is 1. The first-order valence-corrected chi connectivity index (χ1v) is 7.73. The van der Waals surface area contributed by atoms with Crippen molar-refractivity contribution in [3.63, 3.8) is 0 Å². The monoisotopic (exact) mass is 296 g/mol. The molecule has 3 rings (SSSR count). The molecule has 5 nitrogen and oxygen atoms in total. The highest BCUT2D eigenvalue weighted by molar-refractivity contribution is 6.16. The van der Waals surface area contributed by atoms with Gasteiger partial charge < -0.3 is 9.30 Å². The van der Waals surface area contributed by atoms with Gasteiger partial charge in [0.05, 0.1) is 23.7 Å². The molecule has 1 fully saturated rings. The van der Waals surface area contributed by atoms with Gasteiger partial charge in [0, 0.05) is 13.2 Å². The van der Waals surface area contributed by atoms with Crippen LogP contribution in [-0.4, -0.2) is 32.5 Å². The van der Waals surface area contributed by atoms with Crippen molar-refractivity contribution in [1.29, 1.82) is 0 Å². The largest absolute Gasteiger partial charge is 0.379 e. The van der Waals surface area contributed by atoms with Crippen LogP contribution in [0.3, 0.4) is 0 Å². The molecule has 1 aliphatic heterocycles. The van der Waals surface area contributed by atoms with E-state index in [4.69, 9.17) is 21.3 Å². The molecule has 0 amide bonds. The van der Waals surface area contributed by atoms with E-state index in [2.05, 4.69) is 23.5 Å². The first kappa shape index (κ1) is 13.9. The molecule has 1 saturated heterocycles. The van der Waals surface area contributed by atoms with Crippen LogP contribution in [0.25, 0.3) is 11.2 Å². The molecule has 2 aromatic heterocycles. The minimum atomic E-state index is -0.0867. The van der Waals surface area contributed by atoms with Gasteiger partial charge in [0.25, 0.3) is 0 Å². The van der Waals surface area contributed by atoms with Crippen LogP contribution in [-0.2, 0) is 22.7 Å². The number of fused-ring (bicyclic) bond motifs is 1. The fourth-order valence-electron chi connectivity index (χ4n) is 3.19. The Morgan fingerprint density at radius 1 is 1.45 bits per heavy atom. The summed E-state index contributed by atoms with van der Waals surface area (Å²) < 4.78 is 10.00. The van der Waals surface area contributed by atoms with E-state index in [1.807, 2.05) is 11.6 Å². The summed E-state index contributed by atoms with van der Waals surface area (Å²) >= 11 is 6.14. The second-order valence-electron chi connectivity index (χ2n) is 5.72. The van der Waals surface area contributed by atoms with Gasteiger partial charge >= 0.3 is 0 Å². The van der Waals surface area contributed by atoms with Crippen molar-refractivity contribution >= 4 is 22.8 Å². The number of hydrogen-bond acceptors (Lipinski definition) is 3. The Bertz CT molecular complexity index is 625. The van der Waals surface area contributed by atoms with Crippen LogP contribution in [0.5, 0.6) is 0 Å². The van der Waals surface area contributed by atoms with E-state index in [9.17, 15) is 0 Å². The van der Waals surface area contributed by atoms with E-state index in [1.165, 1.54) is 0 Å². The average Bonchev–Trinajstić information content (AvgIpc) is 2.97. The fourth-order valence-corrected chi connectivity index (χ4v) is 3.37. The summed E-state index contributed by atoms with van der Waals surface area (Å²) in [5.41, 5.74) is 2.92. The van der Waals surface area contributed by atoms with Gasteiger partial charge in [-0.05, 0) is 33.6 Å². The fraction of sp³-hybridized carbons (Fsp3) is 0.714. The highest BCUT2D eigenvalue weighted by Crippen LogP contribution is 2.33. The Hall–Kier alpha value is -1.07. The van der Waals surface area contributed by atoms with Crippen molar-refractivity contribution in [1.82, 2.24) is 19.3 Å². The zero-order valence-electron chi connectivity index (χ0n) is 12.3. The number of halogens is 1. The zero-order chi connectivity index (χ0) is 14.3. The summed E-state index contributed by atoms with van der Waals surface area (Å²) in [5.74, 6) is 1.32. The maximum Gasteiger partial charge on any atom is 0.159 e. The minimum Gasteiger partial charge on any atom is -0.379 e. The predicted octanol–water partition coefficient (Wildman–Crippen LogP) is 2.83. The quantitative estimate of drug-likeness (QED) is 0.818. The summed E-state index contributed by atoms with van der Waals surface area (Å²) in [7, 11) is 0. The molecule has 6 heteroatoms. The van der Waals surface area contributed by atoms with Crippen molar-refractivity contribution in [3.8, 4) is 0 Å². The van der Waals surface area contributed by atoms with Crippen LogP contribution < -0.4 is 0 Å². The number of rotatable bonds is 3. The molecule has 1 atom stereocenters. The lowest BCUT2D eigenvalue weighted by Gasteiger charge is -2.36. The highest BCUT2D eigenvalue weighted by atomic mass is 35.5. The molecule has 1 aliphatic rings. The molecule has 0 N–H and O–H groups in total. The molecule has 0 saturated carbocycles. The molecule has 3 heterocycles. The molecule has 0 aliphatic carbocycles. The third-order valence-corrected chi connectivity index (χ3v) is 4.40. The Morgan fingerprint density at radius 2 is 2.25 bits per heavy atom. The van der Waals surface area contributed by atoms with E-state index in [1.54, 1.807) is 0 Å². The Balaban J connectivity index is 2.26. The van der Waals surface area contributed by atoms with Gasteiger partial charge in [0.1, 0.15) is 11.3 Å². The first-order valence-electron chi connectivity index (χ1n) is 7.19. The summed E-state index contributed by atoms with van der Waals surface area (Å²) in [6.45, 7) is 8.71. The predicted molar refractivity (Wildman–Crippen MR) is 79.2 cm³/mol. The van der Waals surface area contributed by atoms with Gasteiger partial charge in [-0.1, -0.05) is 0 Å². The van der Waals surface area contributed by atoms with Crippen molar-refractivity contribution in [2.45, 2.75) is 51.6 Å². The molecule has 0 spiro atoms. The van der Waals surface area contributed by atoms with E-state index in [0.717, 1.165) is 48.7 Å². The molecule has 0 radical (unpaired) electrons. The zero-order valence-corrected chi connectivity index (χ0v) is 13.1. The summed E-state index contributed by atoms with van der Waals surface area (Å²) in [4.78, 5) is 4.71. The minimum absolute atomic E-state index is 0.0867. The molecule has 110 valence electrons. The molecule has 1 unspecified atom stereocenters. The van der Waals surface area contributed by atoms with Crippen molar-refractivity contribution in [2.75, 3.05) is 13.2 Å². The number of aryl methyl sites for hydroxylation is 2. The lowest BCUT2D eigenvalue weighted by atomic mass is 9.94. The Morgan fingerprint density at radius 3 is 2.85 bits per heavy atom. The number of hydrogen-bond donors (Lipinski definition) is 0. The van der Waals surface area contributed by atoms with Crippen molar-refractivity contribution < 1.29 is 4.74 Å². The van der Waals surface area contributed by atoms with E-state index in [0.29, 0.717) is 12.5 Å². The third kappa shape index (κ3) is 1.95. The lowest BCUT2D eigenvalue weighted by Crippen LogP contribution is -2.40. The Kier molecular flexibility index (Phi) is 3.50. The molecule has 20 heavy (non-hydrogen) atoms. The number of nitrogens with zero attached hydrogens (tertiary/aromatic N) is 4. The van der Waals surface area contributed by atoms with Crippen LogP contribution in [0, 0.1) is 6.92 Å². The number of imidazole rings is 1. The van der Waals surface area contributed by atoms with E-state index >= 15 is 0 Å². The van der Waals surface area contributed by atoms with Gasteiger partial charge in [-0.25, -0.2) is 9.67 Å². The molecular weight excluding hydrogens is 276 g/mol. The third-order valence-electron chi connectivity index (χ3n) is 4.16. The summed E-state index contributed by atoms with van der Waals surface area (Å²) in [5, 5.41) is 4.58. The topological polar surface area (TPSA) is 44.9 Å². The maximum absolute atomic E-state index is 6.14. The van der Waals surface area contributed by atoms with Crippen LogP contribution in [0.4, 0.5) is 0 Å². The number of alkyl halides is 1. The number of aromatic nitrogens is 4. The second kappa shape index (κ2) is 5.04. The van der Waals surface area contributed by atoms with Crippen LogP contribution in [0.2, 0.25) is 0 Å². The SMILES string of the molecule is CCn1nc(C)c2nc(CCl)n(C3(C)CCCOC3)c21. The van der Waals surface area contributed by atoms with Crippen molar-refractivity contribution in [2.24, 2.45) is 0 Å². The summed E-state index contributed by atoms with van der Waals surface area (Å²) in [6.07, 6.45) is 2.15. The first-order chi connectivity index (χ1) is 9.60. The van der Waals surface area contributed by atoms with Gasteiger partial charge in [-0.15, -0.1) is 11.6 Å². The van der Waals surface area contributed by atoms with Gasteiger partial charge in [-0.3, -0.25) is 0 Å². The van der Waals surface area contributed by atoms with Crippen molar-refractivity contribution in [3.05, 3.63) is 11.5 Å². The second-order valence-corrected chi connectivity index (χ2v) is 5.99. The van der Waals surface area contributed by atoms with E-state index in [-0.39, 0.29) is 5.54 Å². The van der Waals surface area contributed by atoms with Gasteiger partial charge in [0.15, 0.2) is 5.65 Å². The Labute approximate surface area is 123 Å². The molecular formula is C14H21ClN4O. The lowest BCUT2D eigenvalue weighted by molar-refractivity contribution is 0.00987. The average molecular weight is 297 g/mol. The van der Waals surface area contributed by atoms with Crippen LogP contribution >= 0.6 is 11.6 Å². The normalized spacial score (nSPS) is 23.6. The molecule has 2 aromatic rings. The van der Waals surface area contributed by atoms with Crippen LogP contribution in [0.15, 0.2) is 0 Å². The smallest absolute Gasteiger partial charge is 0.159 e. The maximum atomic E-state index is 6.14. The standard InChI is InChI=1S/C14H21ClN4O/c1-4-18-13-12(10(2)17-18)16-11(8-15)19(13)14(3)6-5-7-20-9-14/h4-9H2,1-3H3. The van der Waals surface area contributed by atoms with Gasteiger partial charge in [-0.2, -0.15) is 5.10 Å². The molecule has 0 bridgehead atoms. The highest BCUT2D eigenvalue weighted by Gasteiger charge is 2.34. The molecule has 0 aromatic carbocycles.